The number of thioether (sulfide) groups is 1. The lowest BCUT2D eigenvalue weighted by Gasteiger charge is -2.17. The van der Waals surface area contributed by atoms with Crippen molar-refractivity contribution in [2.45, 2.75) is 49.6 Å². The largest absolute Gasteiger partial charge is 0.368 e. The molecule has 2 N–H and O–H groups in total. The first-order valence-electron chi connectivity index (χ1n) is 9.62. The standard InChI is InChI=1S/C22H25N3O2S/c1-2-3-4-10-15-25-21(27)17-13-8-9-14-18(17)24-22(25)28-19(20(23)26)16-11-6-5-7-12-16/h5-9,11-14,19H,2-4,10,15H2,1H3,(H2,23,26). The Morgan fingerprint density at radius 3 is 2.50 bits per heavy atom. The van der Waals surface area contributed by atoms with Gasteiger partial charge in [0.05, 0.1) is 10.9 Å². The van der Waals surface area contributed by atoms with Crippen molar-refractivity contribution in [3.05, 3.63) is 70.5 Å². The number of carbonyl (C=O) groups excluding carboxylic acids is 1. The molecule has 0 saturated heterocycles. The van der Waals surface area contributed by atoms with Crippen LogP contribution < -0.4 is 11.3 Å². The fourth-order valence-electron chi connectivity index (χ4n) is 3.16. The van der Waals surface area contributed by atoms with Gasteiger partial charge in [0, 0.05) is 6.54 Å². The summed E-state index contributed by atoms with van der Waals surface area (Å²) in [5.74, 6) is -0.448. The maximum absolute atomic E-state index is 13.1. The Morgan fingerprint density at radius 2 is 1.79 bits per heavy atom. The average Bonchev–Trinajstić information content (AvgIpc) is 2.71. The number of benzene rings is 2. The molecule has 3 rings (SSSR count). The van der Waals surface area contributed by atoms with Gasteiger partial charge in [0.1, 0.15) is 5.25 Å². The number of fused-ring (bicyclic) bond motifs is 1. The van der Waals surface area contributed by atoms with Crippen LogP contribution >= 0.6 is 11.8 Å². The van der Waals surface area contributed by atoms with Crippen LogP contribution in [0.3, 0.4) is 0 Å². The molecule has 0 aliphatic heterocycles. The minimum absolute atomic E-state index is 0.0686. The molecule has 0 bridgehead atoms. The monoisotopic (exact) mass is 395 g/mol. The zero-order valence-electron chi connectivity index (χ0n) is 16.0. The highest BCUT2D eigenvalue weighted by Crippen LogP contribution is 2.34. The highest BCUT2D eigenvalue weighted by Gasteiger charge is 2.23. The van der Waals surface area contributed by atoms with Crippen LogP contribution in [0, 0.1) is 0 Å². The van der Waals surface area contributed by atoms with Crippen LogP contribution in [0.4, 0.5) is 0 Å². The maximum atomic E-state index is 13.1. The number of unbranched alkanes of at least 4 members (excludes halogenated alkanes) is 3. The Morgan fingerprint density at radius 1 is 1.07 bits per heavy atom. The van der Waals surface area contributed by atoms with E-state index < -0.39 is 11.2 Å². The third kappa shape index (κ3) is 4.62. The van der Waals surface area contributed by atoms with Gasteiger partial charge >= 0.3 is 0 Å². The van der Waals surface area contributed by atoms with Gasteiger partial charge in [0.2, 0.25) is 5.91 Å². The van der Waals surface area contributed by atoms with Crippen molar-refractivity contribution in [1.29, 1.82) is 0 Å². The molecule has 5 nitrogen and oxygen atoms in total. The molecule has 0 spiro atoms. The van der Waals surface area contributed by atoms with Crippen molar-refractivity contribution in [2.24, 2.45) is 5.73 Å². The summed E-state index contributed by atoms with van der Waals surface area (Å²) in [5.41, 5.74) is 7.05. The van der Waals surface area contributed by atoms with Gasteiger partial charge in [-0.15, -0.1) is 0 Å². The number of para-hydroxylation sites is 1. The summed E-state index contributed by atoms with van der Waals surface area (Å²) in [5, 5.41) is 0.529. The summed E-state index contributed by atoms with van der Waals surface area (Å²) in [4.78, 5) is 29.9. The van der Waals surface area contributed by atoms with Crippen molar-refractivity contribution in [2.75, 3.05) is 0 Å². The van der Waals surface area contributed by atoms with Gasteiger partial charge in [0.25, 0.3) is 5.56 Å². The Bertz CT molecular complexity index is 1000. The number of primary amides is 1. The van der Waals surface area contributed by atoms with Crippen LogP contribution in [-0.2, 0) is 11.3 Å². The normalized spacial score (nSPS) is 12.2. The SMILES string of the molecule is CCCCCCn1c(SC(C(N)=O)c2ccccc2)nc2ccccc2c1=O. The van der Waals surface area contributed by atoms with Crippen LogP contribution in [-0.4, -0.2) is 15.5 Å². The smallest absolute Gasteiger partial charge is 0.262 e. The van der Waals surface area contributed by atoms with E-state index >= 15 is 0 Å². The number of rotatable bonds is 9. The summed E-state index contributed by atoms with van der Waals surface area (Å²) in [6.07, 6.45) is 4.21. The highest BCUT2D eigenvalue weighted by atomic mass is 32.2. The van der Waals surface area contributed by atoms with Crippen LogP contribution in [0.2, 0.25) is 0 Å². The summed E-state index contributed by atoms with van der Waals surface area (Å²) in [6, 6.07) is 16.7. The molecular formula is C22H25N3O2S. The molecule has 3 aromatic rings. The third-order valence-electron chi connectivity index (χ3n) is 4.65. The Labute approximate surface area is 169 Å². The molecule has 0 saturated carbocycles. The molecule has 2 aromatic carbocycles. The van der Waals surface area contributed by atoms with Crippen LogP contribution in [0.5, 0.6) is 0 Å². The van der Waals surface area contributed by atoms with Crippen molar-refractivity contribution < 1.29 is 4.79 Å². The van der Waals surface area contributed by atoms with Gasteiger partial charge in [-0.25, -0.2) is 4.98 Å². The fourth-order valence-corrected chi connectivity index (χ4v) is 4.23. The van der Waals surface area contributed by atoms with E-state index in [-0.39, 0.29) is 5.56 Å². The first kappa shape index (κ1) is 20.1. The van der Waals surface area contributed by atoms with E-state index in [4.69, 9.17) is 10.7 Å². The summed E-state index contributed by atoms with van der Waals surface area (Å²) in [6.45, 7) is 2.74. The predicted octanol–water partition coefficient (Wildman–Crippen LogP) is 4.30. The number of carbonyl (C=O) groups is 1. The topological polar surface area (TPSA) is 78.0 Å². The summed E-state index contributed by atoms with van der Waals surface area (Å²) in [7, 11) is 0. The van der Waals surface area contributed by atoms with Gasteiger partial charge in [0.15, 0.2) is 5.16 Å². The Kier molecular flexibility index (Phi) is 6.87. The average molecular weight is 396 g/mol. The first-order valence-corrected chi connectivity index (χ1v) is 10.5. The zero-order chi connectivity index (χ0) is 19.9. The second kappa shape index (κ2) is 9.55. The second-order valence-electron chi connectivity index (χ2n) is 6.74. The fraction of sp³-hybridized carbons (Fsp3) is 0.318. The third-order valence-corrected chi connectivity index (χ3v) is 5.91. The van der Waals surface area contributed by atoms with E-state index in [1.807, 2.05) is 48.5 Å². The van der Waals surface area contributed by atoms with E-state index in [0.29, 0.717) is 22.6 Å². The molecule has 0 radical (unpaired) electrons. The van der Waals surface area contributed by atoms with Gasteiger partial charge < -0.3 is 5.73 Å². The molecule has 6 heteroatoms. The molecule has 0 fully saturated rings. The minimum Gasteiger partial charge on any atom is -0.368 e. The molecular weight excluding hydrogens is 370 g/mol. The number of nitrogens with two attached hydrogens (primary N) is 1. The predicted molar refractivity (Wildman–Crippen MR) is 114 cm³/mol. The maximum Gasteiger partial charge on any atom is 0.262 e. The second-order valence-corrected chi connectivity index (χ2v) is 7.81. The van der Waals surface area contributed by atoms with E-state index in [1.165, 1.54) is 11.8 Å². The molecule has 1 atom stereocenters. The molecule has 0 aliphatic rings. The van der Waals surface area contributed by atoms with Crippen LogP contribution in [0.25, 0.3) is 10.9 Å². The molecule has 28 heavy (non-hydrogen) atoms. The van der Waals surface area contributed by atoms with Crippen molar-refractivity contribution in [1.82, 2.24) is 9.55 Å². The quantitative estimate of drug-likeness (QED) is 0.333. The number of hydrogen-bond donors (Lipinski definition) is 1. The molecule has 1 heterocycles. The van der Waals surface area contributed by atoms with Gasteiger partial charge in [-0.05, 0) is 24.1 Å². The Balaban J connectivity index is 2.02. The molecule has 1 unspecified atom stereocenters. The number of hydrogen-bond acceptors (Lipinski definition) is 4. The van der Waals surface area contributed by atoms with E-state index in [2.05, 4.69) is 6.92 Å². The number of nitrogens with zero attached hydrogens (tertiary/aromatic N) is 2. The van der Waals surface area contributed by atoms with Crippen LogP contribution in [0.15, 0.2) is 64.5 Å². The number of amides is 1. The summed E-state index contributed by atoms with van der Waals surface area (Å²) < 4.78 is 1.70. The highest BCUT2D eigenvalue weighted by molar-refractivity contribution is 8.00. The minimum atomic E-state index is -0.601. The first-order chi connectivity index (χ1) is 13.6. The molecule has 0 aliphatic carbocycles. The Hall–Kier alpha value is -2.60. The van der Waals surface area contributed by atoms with Gasteiger partial charge in [-0.2, -0.15) is 0 Å². The van der Waals surface area contributed by atoms with Gasteiger partial charge in [-0.3, -0.25) is 14.2 Å². The number of aromatic nitrogens is 2. The van der Waals surface area contributed by atoms with E-state index in [0.717, 1.165) is 31.2 Å². The molecule has 1 amide bonds. The summed E-state index contributed by atoms with van der Waals surface area (Å²) >= 11 is 1.25. The lowest BCUT2D eigenvalue weighted by molar-refractivity contribution is -0.117. The van der Waals surface area contributed by atoms with E-state index in [9.17, 15) is 9.59 Å². The van der Waals surface area contributed by atoms with Crippen LogP contribution in [0.1, 0.15) is 43.4 Å². The van der Waals surface area contributed by atoms with Crippen molar-refractivity contribution in [3.8, 4) is 0 Å². The molecule has 1 aromatic heterocycles. The van der Waals surface area contributed by atoms with E-state index in [1.54, 1.807) is 10.6 Å². The van der Waals surface area contributed by atoms with Gasteiger partial charge in [-0.1, -0.05) is 80.4 Å². The van der Waals surface area contributed by atoms with Crippen molar-refractivity contribution >= 4 is 28.6 Å². The zero-order valence-corrected chi connectivity index (χ0v) is 16.8. The lowest BCUT2D eigenvalue weighted by Crippen LogP contribution is -2.25. The molecule has 146 valence electrons. The lowest BCUT2D eigenvalue weighted by atomic mass is 10.1. The van der Waals surface area contributed by atoms with Crippen molar-refractivity contribution in [3.63, 3.8) is 0 Å².